The molecule has 5 heteroatoms. The van der Waals surface area contributed by atoms with Gasteiger partial charge in [0.25, 0.3) is 0 Å². The zero-order valence-electron chi connectivity index (χ0n) is 8.13. The van der Waals surface area contributed by atoms with E-state index in [4.69, 9.17) is 21.4 Å². The van der Waals surface area contributed by atoms with Crippen LogP contribution in [-0.4, -0.2) is 17.3 Å². The average molecular weight is 207 g/mol. The highest BCUT2D eigenvalue weighted by molar-refractivity contribution is 5.83. The lowest BCUT2D eigenvalue weighted by atomic mass is 9.93. The first-order chi connectivity index (χ1) is 7.22. The molecular weight excluding hydrogens is 194 g/mol. The highest BCUT2D eigenvalue weighted by Gasteiger charge is 2.30. The van der Waals surface area contributed by atoms with Crippen LogP contribution in [0.25, 0.3) is 0 Å². The number of para-hydroxylation sites is 1. The third-order valence-corrected chi connectivity index (χ3v) is 2.57. The highest BCUT2D eigenvalue weighted by atomic mass is 16.5. The van der Waals surface area contributed by atoms with Crippen molar-refractivity contribution in [3.63, 3.8) is 0 Å². The summed E-state index contributed by atoms with van der Waals surface area (Å²) in [6.07, 6.45) is 0.0727. The van der Waals surface area contributed by atoms with Gasteiger partial charge in [0, 0.05) is 0 Å². The second kappa shape index (κ2) is 3.78. The van der Waals surface area contributed by atoms with Crippen molar-refractivity contribution in [2.24, 2.45) is 22.5 Å². The van der Waals surface area contributed by atoms with Crippen molar-refractivity contribution in [1.82, 2.24) is 0 Å². The first-order valence-corrected chi connectivity index (χ1v) is 4.70. The van der Waals surface area contributed by atoms with Crippen LogP contribution in [-0.2, 0) is 6.42 Å². The van der Waals surface area contributed by atoms with Crippen molar-refractivity contribution in [2.45, 2.75) is 12.6 Å². The molecule has 0 unspecified atom stereocenters. The predicted octanol–water partition coefficient (Wildman–Crippen LogP) is 0.269. The third kappa shape index (κ3) is 1.73. The Bertz CT molecular complexity index is 392. The highest BCUT2D eigenvalue weighted by Crippen LogP contribution is 2.28. The molecule has 80 valence electrons. The molecule has 0 aliphatic carbocycles. The topological polar surface area (TPSA) is 93.9 Å². The summed E-state index contributed by atoms with van der Waals surface area (Å²) in [6.45, 7) is 0. The SMILES string of the molecule is NC(=NO)[C@H]1Cc2ccccc2O[C@H]1N. The molecule has 5 N–H and O–H groups in total. The Labute approximate surface area is 87.3 Å². The van der Waals surface area contributed by atoms with E-state index in [0.29, 0.717) is 6.42 Å². The summed E-state index contributed by atoms with van der Waals surface area (Å²) < 4.78 is 5.47. The van der Waals surface area contributed by atoms with Crippen LogP contribution < -0.4 is 16.2 Å². The molecule has 0 saturated heterocycles. The quantitative estimate of drug-likeness (QED) is 0.266. The van der Waals surface area contributed by atoms with Crippen molar-refractivity contribution in [3.05, 3.63) is 29.8 Å². The lowest BCUT2D eigenvalue weighted by Crippen LogP contribution is -2.46. The van der Waals surface area contributed by atoms with E-state index < -0.39 is 6.23 Å². The smallest absolute Gasteiger partial charge is 0.158 e. The number of fused-ring (bicyclic) bond motifs is 1. The van der Waals surface area contributed by atoms with Crippen LogP contribution in [0.3, 0.4) is 0 Å². The fourth-order valence-corrected chi connectivity index (χ4v) is 1.72. The lowest BCUT2D eigenvalue weighted by Gasteiger charge is -2.29. The zero-order chi connectivity index (χ0) is 10.8. The van der Waals surface area contributed by atoms with E-state index >= 15 is 0 Å². The molecule has 1 heterocycles. The number of ether oxygens (including phenoxy) is 1. The largest absolute Gasteiger partial charge is 0.474 e. The minimum absolute atomic E-state index is 0.108. The Morgan fingerprint density at radius 1 is 1.47 bits per heavy atom. The minimum Gasteiger partial charge on any atom is -0.474 e. The monoisotopic (exact) mass is 207 g/mol. The number of hydrogen-bond acceptors (Lipinski definition) is 4. The van der Waals surface area contributed by atoms with Crippen LogP contribution in [0.15, 0.2) is 29.4 Å². The van der Waals surface area contributed by atoms with Gasteiger partial charge in [-0.25, -0.2) is 0 Å². The van der Waals surface area contributed by atoms with Gasteiger partial charge in [-0.2, -0.15) is 0 Å². The summed E-state index contributed by atoms with van der Waals surface area (Å²) in [5.41, 5.74) is 12.3. The van der Waals surface area contributed by atoms with Gasteiger partial charge >= 0.3 is 0 Å². The number of nitrogens with zero attached hydrogens (tertiary/aromatic N) is 1. The fourth-order valence-electron chi connectivity index (χ4n) is 1.72. The molecular formula is C10H13N3O2. The first kappa shape index (κ1) is 9.79. The van der Waals surface area contributed by atoms with Gasteiger partial charge in [-0.1, -0.05) is 23.4 Å². The normalized spacial score (nSPS) is 25.5. The molecule has 5 nitrogen and oxygen atoms in total. The number of nitrogens with two attached hydrogens (primary N) is 2. The van der Waals surface area contributed by atoms with Crippen molar-refractivity contribution in [2.75, 3.05) is 0 Å². The predicted molar refractivity (Wildman–Crippen MR) is 55.6 cm³/mol. The molecule has 1 aliphatic rings. The molecule has 1 aromatic rings. The van der Waals surface area contributed by atoms with Gasteiger partial charge in [0.05, 0.1) is 5.92 Å². The Balaban J connectivity index is 2.29. The Morgan fingerprint density at radius 2 is 2.20 bits per heavy atom. The molecule has 0 aromatic heterocycles. The molecule has 0 radical (unpaired) electrons. The summed E-state index contributed by atoms with van der Waals surface area (Å²) in [4.78, 5) is 0. The lowest BCUT2D eigenvalue weighted by molar-refractivity contribution is 0.148. The molecule has 0 fully saturated rings. The van der Waals surface area contributed by atoms with E-state index in [1.54, 1.807) is 0 Å². The maximum atomic E-state index is 8.60. The summed E-state index contributed by atoms with van der Waals surface area (Å²) in [7, 11) is 0. The van der Waals surface area contributed by atoms with Crippen molar-refractivity contribution in [3.8, 4) is 5.75 Å². The summed E-state index contributed by atoms with van der Waals surface area (Å²) in [5, 5.41) is 11.6. The molecule has 0 spiro atoms. The molecule has 0 bridgehead atoms. The first-order valence-electron chi connectivity index (χ1n) is 4.70. The molecule has 1 aromatic carbocycles. The van der Waals surface area contributed by atoms with Gasteiger partial charge in [0.2, 0.25) is 0 Å². The van der Waals surface area contributed by atoms with Gasteiger partial charge in [0.1, 0.15) is 11.6 Å². The van der Waals surface area contributed by atoms with Gasteiger partial charge in [-0.3, -0.25) is 5.73 Å². The molecule has 2 rings (SSSR count). The van der Waals surface area contributed by atoms with Gasteiger partial charge in [-0.15, -0.1) is 0 Å². The fraction of sp³-hybridized carbons (Fsp3) is 0.300. The second-order valence-corrected chi connectivity index (χ2v) is 3.53. The van der Waals surface area contributed by atoms with Crippen LogP contribution >= 0.6 is 0 Å². The third-order valence-electron chi connectivity index (χ3n) is 2.57. The van der Waals surface area contributed by atoms with Crippen LogP contribution in [0, 0.1) is 5.92 Å². The summed E-state index contributed by atoms with van der Waals surface area (Å²) in [6, 6.07) is 7.61. The minimum atomic E-state index is -0.559. The van der Waals surface area contributed by atoms with E-state index in [9.17, 15) is 0 Å². The van der Waals surface area contributed by atoms with E-state index in [1.165, 1.54) is 0 Å². The van der Waals surface area contributed by atoms with E-state index in [0.717, 1.165) is 11.3 Å². The Morgan fingerprint density at radius 3 is 2.93 bits per heavy atom. The standard InChI is InChI=1S/C10H13N3O2/c11-9(13-14)7-5-6-3-1-2-4-8(6)15-10(7)12/h1-4,7,10,14H,5,12H2,(H2,11,13)/t7-,10-/m1/s1. The van der Waals surface area contributed by atoms with Crippen molar-refractivity contribution in [1.29, 1.82) is 0 Å². The maximum absolute atomic E-state index is 8.60. The Kier molecular flexibility index (Phi) is 2.47. The summed E-state index contributed by atoms with van der Waals surface area (Å²) >= 11 is 0. The number of amidine groups is 1. The molecule has 2 atom stereocenters. The number of rotatable bonds is 1. The van der Waals surface area contributed by atoms with Crippen LogP contribution in [0.5, 0.6) is 5.75 Å². The number of benzene rings is 1. The average Bonchev–Trinajstić information content (AvgIpc) is 2.27. The number of hydrogen-bond donors (Lipinski definition) is 3. The van der Waals surface area contributed by atoms with E-state index in [1.807, 2.05) is 24.3 Å². The van der Waals surface area contributed by atoms with E-state index in [2.05, 4.69) is 5.16 Å². The maximum Gasteiger partial charge on any atom is 0.158 e. The molecule has 0 amide bonds. The van der Waals surface area contributed by atoms with Crippen molar-refractivity contribution < 1.29 is 9.94 Å². The Hall–Kier alpha value is -1.75. The van der Waals surface area contributed by atoms with Gasteiger partial charge < -0.3 is 15.7 Å². The van der Waals surface area contributed by atoms with Crippen LogP contribution in [0.4, 0.5) is 0 Å². The number of oxime groups is 1. The van der Waals surface area contributed by atoms with Gasteiger partial charge in [-0.05, 0) is 18.1 Å². The summed E-state index contributed by atoms with van der Waals surface area (Å²) in [5.74, 6) is 0.605. The van der Waals surface area contributed by atoms with Crippen LogP contribution in [0.2, 0.25) is 0 Å². The van der Waals surface area contributed by atoms with Crippen molar-refractivity contribution >= 4 is 5.84 Å². The van der Waals surface area contributed by atoms with Crippen LogP contribution in [0.1, 0.15) is 5.56 Å². The molecule has 1 aliphatic heterocycles. The zero-order valence-corrected chi connectivity index (χ0v) is 8.13. The second-order valence-electron chi connectivity index (χ2n) is 3.53. The molecule has 0 saturated carbocycles. The van der Waals surface area contributed by atoms with Gasteiger partial charge in [0.15, 0.2) is 6.23 Å². The molecule has 15 heavy (non-hydrogen) atoms. The van der Waals surface area contributed by atoms with E-state index in [-0.39, 0.29) is 11.8 Å².